The Morgan fingerprint density at radius 2 is 2.25 bits per heavy atom. The molecule has 1 rings (SSSR count). The maximum atomic E-state index is 13.2. The zero-order valence-electron chi connectivity index (χ0n) is 9.59. The zero-order valence-corrected chi connectivity index (χ0v) is 9.59. The number of halogens is 1. The second kappa shape index (κ2) is 5.61. The van der Waals surface area contributed by atoms with Gasteiger partial charge in [-0.05, 0) is 31.0 Å². The fourth-order valence-corrected chi connectivity index (χ4v) is 1.41. The first-order valence-electron chi connectivity index (χ1n) is 5.25. The second-order valence-corrected chi connectivity index (χ2v) is 4.04. The minimum Gasteiger partial charge on any atom is -0.370 e. The van der Waals surface area contributed by atoms with Crippen molar-refractivity contribution in [1.82, 2.24) is 5.32 Å². The smallest absolute Gasteiger partial charge is 0.218 e. The first-order valence-corrected chi connectivity index (χ1v) is 5.25. The molecule has 88 valence electrons. The van der Waals surface area contributed by atoms with E-state index in [1.54, 1.807) is 13.0 Å². The molecule has 0 aliphatic carbocycles. The van der Waals surface area contributed by atoms with Gasteiger partial charge in [-0.2, -0.15) is 0 Å². The number of primary amides is 1. The lowest BCUT2D eigenvalue weighted by atomic mass is 10.1. The number of benzene rings is 1. The van der Waals surface area contributed by atoms with E-state index >= 15 is 0 Å². The van der Waals surface area contributed by atoms with Crippen LogP contribution in [0, 0.1) is 12.7 Å². The molecule has 0 aliphatic heterocycles. The van der Waals surface area contributed by atoms with E-state index < -0.39 is 0 Å². The summed E-state index contributed by atoms with van der Waals surface area (Å²) < 4.78 is 13.2. The van der Waals surface area contributed by atoms with Crippen LogP contribution in [0.2, 0.25) is 0 Å². The topological polar surface area (TPSA) is 55.1 Å². The number of hydrogen-bond donors (Lipinski definition) is 2. The van der Waals surface area contributed by atoms with E-state index in [2.05, 4.69) is 5.32 Å². The van der Waals surface area contributed by atoms with Crippen molar-refractivity contribution in [2.24, 2.45) is 5.73 Å². The van der Waals surface area contributed by atoms with Crippen molar-refractivity contribution in [3.05, 3.63) is 35.1 Å². The Kier molecular flexibility index (Phi) is 4.43. The molecule has 4 heteroatoms. The number of aryl methyl sites for hydroxylation is 1. The van der Waals surface area contributed by atoms with Crippen molar-refractivity contribution in [1.29, 1.82) is 0 Å². The van der Waals surface area contributed by atoms with Gasteiger partial charge in [0, 0.05) is 19.0 Å². The molecule has 1 aromatic carbocycles. The molecule has 0 heterocycles. The first kappa shape index (κ1) is 12.6. The van der Waals surface area contributed by atoms with E-state index in [1.807, 2.05) is 13.0 Å². The van der Waals surface area contributed by atoms with Crippen molar-refractivity contribution < 1.29 is 9.18 Å². The van der Waals surface area contributed by atoms with Crippen LogP contribution in [0.25, 0.3) is 0 Å². The van der Waals surface area contributed by atoms with Gasteiger partial charge in [-0.25, -0.2) is 4.39 Å². The summed E-state index contributed by atoms with van der Waals surface area (Å²) in [6.45, 7) is 4.13. The Morgan fingerprint density at radius 3 is 2.81 bits per heavy atom. The number of hydrogen-bond acceptors (Lipinski definition) is 2. The van der Waals surface area contributed by atoms with Crippen molar-refractivity contribution >= 4 is 5.91 Å². The average Bonchev–Trinajstić information content (AvgIpc) is 2.19. The summed E-state index contributed by atoms with van der Waals surface area (Å²) in [5, 5.41) is 3.11. The molecule has 0 saturated heterocycles. The molecule has 0 saturated carbocycles. The van der Waals surface area contributed by atoms with E-state index in [9.17, 15) is 9.18 Å². The number of rotatable bonds is 5. The molecule has 16 heavy (non-hydrogen) atoms. The molecule has 3 N–H and O–H groups in total. The quantitative estimate of drug-likeness (QED) is 0.796. The van der Waals surface area contributed by atoms with Crippen LogP contribution in [0.3, 0.4) is 0 Å². The van der Waals surface area contributed by atoms with Gasteiger partial charge in [0.15, 0.2) is 0 Å². The number of carbonyl (C=O) groups excluding carboxylic acids is 1. The third-order valence-corrected chi connectivity index (χ3v) is 2.40. The van der Waals surface area contributed by atoms with Crippen molar-refractivity contribution in [2.75, 3.05) is 0 Å². The monoisotopic (exact) mass is 224 g/mol. The maximum Gasteiger partial charge on any atom is 0.218 e. The van der Waals surface area contributed by atoms with E-state index in [1.165, 1.54) is 6.07 Å². The summed E-state index contributed by atoms with van der Waals surface area (Å²) in [6, 6.07) is 5.11. The maximum absolute atomic E-state index is 13.2. The molecular formula is C12H17FN2O. The van der Waals surface area contributed by atoms with E-state index in [0.29, 0.717) is 12.1 Å². The van der Waals surface area contributed by atoms with Crippen LogP contribution >= 0.6 is 0 Å². The van der Waals surface area contributed by atoms with Gasteiger partial charge in [0.05, 0.1) is 0 Å². The normalized spacial score (nSPS) is 12.4. The molecule has 0 spiro atoms. The SMILES string of the molecule is Cc1ccc(CNC(C)CC(N)=O)cc1F. The first-order chi connectivity index (χ1) is 7.49. The molecule has 1 aromatic rings. The third kappa shape index (κ3) is 3.98. The predicted molar refractivity (Wildman–Crippen MR) is 61.3 cm³/mol. The zero-order chi connectivity index (χ0) is 12.1. The Balaban J connectivity index is 2.48. The fraction of sp³-hybridized carbons (Fsp3) is 0.417. The summed E-state index contributed by atoms with van der Waals surface area (Å²) in [5.41, 5.74) is 6.56. The predicted octanol–water partition coefficient (Wildman–Crippen LogP) is 1.49. The highest BCUT2D eigenvalue weighted by Gasteiger charge is 2.05. The van der Waals surface area contributed by atoms with Gasteiger partial charge < -0.3 is 11.1 Å². The van der Waals surface area contributed by atoms with Gasteiger partial charge in [0.25, 0.3) is 0 Å². The van der Waals surface area contributed by atoms with E-state index in [-0.39, 0.29) is 24.2 Å². The Hall–Kier alpha value is -1.42. The molecule has 0 radical (unpaired) electrons. The molecule has 1 atom stereocenters. The van der Waals surface area contributed by atoms with Crippen LogP contribution in [0.5, 0.6) is 0 Å². The Morgan fingerprint density at radius 1 is 1.56 bits per heavy atom. The van der Waals surface area contributed by atoms with Crippen molar-refractivity contribution in [3.8, 4) is 0 Å². The summed E-state index contributed by atoms with van der Waals surface area (Å²) in [6.07, 6.45) is 0.286. The number of nitrogens with one attached hydrogen (secondary N) is 1. The molecular weight excluding hydrogens is 207 g/mol. The summed E-state index contributed by atoms with van der Waals surface area (Å²) in [7, 11) is 0. The van der Waals surface area contributed by atoms with Crippen LogP contribution < -0.4 is 11.1 Å². The summed E-state index contributed by atoms with van der Waals surface area (Å²) in [4.78, 5) is 10.6. The lowest BCUT2D eigenvalue weighted by Crippen LogP contribution is -2.30. The lowest BCUT2D eigenvalue weighted by Gasteiger charge is -2.12. The van der Waals surface area contributed by atoms with Crippen LogP contribution in [-0.2, 0) is 11.3 Å². The molecule has 1 unspecified atom stereocenters. The van der Waals surface area contributed by atoms with Crippen molar-refractivity contribution in [3.63, 3.8) is 0 Å². The second-order valence-electron chi connectivity index (χ2n) is 4.04. The van der Waals surface area contributed by atoms with Crippen molar-refractivity contribution in [2.45, 2.75) is 32.9 Å². The highest BCUT2D eigenvalue weighted by atomic mass is 19.1. The van der Waals surface area contributed by atoms with Gasteiger partial charge in [-0.1, -0.05) is 12.1 Å². The highest BCUT2D eigenvalue weighted by Crippen LogP contribution is 2.09. The molecule has 0 aliphatic rings. The van der Waals surface area contributed by atoms with Gasteiger partial charge in [0.2, 0.25) is 5.91 Å². The Labute approximate surface area is 94.8 Å². The van der Waals surface area contributed by atoms with Crippen LogP contribution in [0.15, 0.2) is 18.2 Å². The number of amides is 1. The van der Waals surface area contributed by atoms with E-state index in [4.69, 9.17) is 5.73 Å². The van der Waals surface area contributed by atoms with Gasteiger partial charge in [0.1, 0.15) is 5.82 Å². The van der Waals surface area contributed by atoms with Gasteiger partial charge >= 0.3 is 0 Å². The fourth-order valence-electron chi connectivity index (χ4n) is 1.41. The summed E-state index contributed by atoms with van der Waals surface area (Å²) >= 11 is 0. The van der Waals surface area contributed by atoms with E-state index in [0.717, 1.165) is 5.56 Å². The molecule has 3 nitrogen and oxygen atoms in total. The molecule has 1 amide bonds. The third-order valence-electron chi connectivity index (χ3n) is 2.40. The Bertz CT molecular complexity index is 379. The largest absolute Gasteiger partial charge is 0.370 e. The highest BCUT2D eigenvalue weighted by molar-refractivity contribution is 5.74. The minimum atomic E-state index is -0.338. The molecule has 0 aromatic heterocycles. The van der Waals surface area contributed by atoms with Crippen LogP contribution in [-0.4, -0.2) is 11.9 Å². The number of nitrogens with two attached hydrogens (primary N) is 1. The average molecular weight is 224 g/mol. The standard InChI is InChI=1S/C12H17FN2O/c1-8-3-4-10(6-11(8)13)7-15-9(2)5-12(14)16/h3-4,6,9,15H,5,7H2,1-2H3,(H2,14,16). The molecule has 0 fully saturated rings. The van der Waals surface area contributed by atoms with Crippen LogP contribution in [0.4, 0.5) is 4.39 Å². The number of carbonyl (C=O) groups is 1. The lowest BCUT2D eigenvalue weighted by molar-refractivity contribution is -0.118. The van der Waals surface area contributed by atoms with Gasteiger partial charge in [-0.15, -0.1) is 0 Å². The van der Waals surface area contributed by atoms with Gasteiger partial charge in [-0.3, -0.25) is 4.79 Å². The summed E-state index contributed by atoms with van der Waals surface area (Å²) in [5.74, 6) is -0.544. The van der Waals surface area contributed by atoms with Crippen LogP contribution in [0.1, 0.15) is 24.5 Å². The minimum absolute atomic E-state index is 0.00173. The molecule has 0 bridgehead atoms.